The molecule has 0 aliphatic heterocycles. The zero-order valence-corrected chi connectivity index (χ0v) is 7.86. The van der Waals surface area contributed by atoms with E-state index in [1.165, 1.54) is 0 Å². The first-order valence-electron chi connectivity index (χ1n) is 4.15. The highest BCUT2D eigenvalue weighted by molar-refractivity contribution is 5.94. The van der Waals surface area contributed by atoms with Gasteiger partial charge in [0.15, 0.2) is 0 Å². The second kappa shape index (κ2) is 4.80. The number of hydrazine groups is 1. The number of hydrogen-bond donors (Lipinski definition) is 3. The number of carbonyl (C=O) groups excluding carboxylic acids is 1. The fourth-order valence-electron chi connectivity index (χ4n) is 0.847. The molecule has 15 heavy (non-hydrogen) atoms. The van der Waals surface area contributed by atoms with Crippen molar-refractivity contribution >= 4 is 11.9 Å². The average molecular weight is 206 g/mol. The summed E-state index contributed by atoms with van der Waals surface area (Å²) in [5, 5.41) is 8.45. The SMILES string of the molecule is C=C(NNC(=O)c1ccccc1)C(=O)O. The molecule has 0 saturated carbocycles. The molecule has 1 aromatic rings. The molecule has 3 N–H and O–H groups in total. The average Bonchev–Trinajstić information content (AvgIpc) is 2.26. The molecule has 1 rings (SSSR count). The largest absolute Gasteiger partial charge is 0.477 e. The zero-order valence-electron chi connectivity index (χ0n) is 7.86. The van der Waals surface area contributed by atoms with Crippen LogP contribution in [0.15, 0.2) is 42.6 Å². The predicted molar refractivity (Wildman–Crippen MR) is 53.8 cm³/mol. The lowest BCUT2D eigenvalue weighted by Crippen LogP contribution is -2.38. The molecular weight excluding hydrogens is 196 g/mol. The second-order valence-corrected chi connectivity index (χ2v) is 2.73. The van der Waals surface area contributed by atoms with Gasteiger partial charge in [-0.05, 0) is 12.1 Å². The highest BCUT2D eigenvalue weighted by atomic mass is 16.4. The molecule has 0 saturated heterocycles. The molecule has 5 heteroatoms. The Morgan fingerprint density at radius 3 is 2.27 bits per heavy atom. The number of carbonyl (C=O) groups is 2. The van der Waals surface area contributed by atoms with Gasteiger partial charge in [-0.1, -0.05) is 24.8 Å². The Labute approximate surface area is 86.4 Å². The van der Waals surface area contributed by atoms with Crippen molar-refractivity contribution in [1.29, 1.82) is 0 Å². The second-order valence-electron chi connectivity index (χ2n) is 2.73. The van der Waals surface area contributed by atoms with E-state index in [-0.39, 0.29) is 5.70 Å². The summed E-state index contributed by atoms with van der Waals surface area (Å²) in [6.07, 6.45) is 0. The van der Waals surface area contributed by atoms with E-state index >= 15 is 0 Å². The number of carboxylic acid groups (broad SMARTS) is 1. The smallest absolute Gasteiger partial charge is 0.353 e. The minimum atomic E-state index is -1.22. The van der Waals surface area contributed by atoms with E-state index in [9.17, 15) is 9.59 Å². The summed E-state index contributed by atoms with van der Waals surface area (Å²) < 4.78 is 0. The van der Waals surface area contributed by atoms with Gasteiger partial charge in [-0.2, -0.15) is 0 Å². The molecule has 0 aliphatic rings. The van der Waals surface area contributed by atoms with Crippen LogP contribution in [0.1, 0.15) is 10.4 Å². The summed E-state index contributed by atoms with van der Waals surface area (Å²) in [7, 11) is 0. The van der Waals surface area contributed by atoms with Crippen molar-refractivity contribution in [2.24, 2.45) is 0 Å². The highest BCUT2D eigenvalue weighted by Crippen LogP contribution is 1.96. The molecule has 5 nitrogen and oxygen atoms in total. The molecule has 0 heterocycles. The third-order valence-corrected chi connectivity index (χ3v) is 1.62. The van der Waals surface area contributed by atoms with Gasteiger partial charge in [0.2, 0.25) is 0 Å². The number of benzene rings is 1. The predicted octanol–water partition coefficient (Wildman–Crippen LogP) is 0.519. The van der Waals surface area contributed by atoms with Crippen molar-refractivity contribution in [3.63, 3.8) is 0 Å². The normalized spacial score (nSPS) is 9.07. The summed E-state index contributed by atoms with van der Waals surface area (Å²) in [6, 6.07) is 8.42. The van der Waals surface area contributed by atoms with Crippen LogP contribution in [0.25, 0.3) is 0 Å². The summed E-state index contributed by atoms with van der Waals surface area (Å²) in [6.45, 7) is 3.19. The topological polar surface area (TPSA) is 78.4 Å². The summed E-state index contributed by atoms with van der Waals surface area (Å²) in [5.41, 5.74) is 4.54. The minimum absolute atomic E-state index is 0.292. The van der Waals surface area contributed by atoms with Crippen molar-refractivity contribution in [2.45, 2.75) is 0 Å². The standard InChI is InChI=1S/C10H10N2O3/c1-7(10(14)15)11-12-9(13)8-5-3-2-4-6-8/h2-6,11H,1H2,(H,12,13)(H,14,15). The molecule has 0 aromatic heterocycles. The third-order valence-electron chi connectivity index (χ3n) is 1.62. The van der Waals surface area contributed by atoms with Crippen LogP contribution in [0.2, 0.25) is 0 Å². The zero-order chi connectivity index (χ0) is 11.3. The number of rotatable bonds is 4. The number of aliphatic carboxylic acids is 1. The lowest BCUT2D eigenvalue weighted by atomic mass is 10.2. The molecule has 0 aliphatic carbocycles. The molecule has 1 amide bonds. The number of nitrogens with one attached hydrogen (secondary N) is 2. The van der Waals surface area contributed by atoms with Gasteiger partial charge in [-0.3, -0.25) is 15.6 Å². The van der Waals surface area contributed by atoms with Crippen LogP contribution in [0, 0.1) is 0 Å². The summed E-state index contributed by atoms with van der Waals surface area (Å²) in [5.74, 6) is -1.64. The summed E-state index contributed by atoms with van der Waals surface area (Å²) in [4.78, 5) is 21.7. The van der Waals surface area contributed by atoms with Gasteiger partial charge < -0.3 is 5.11 Å². The molecule has 0 atom stereocenters. The van der Waals surface area contributed by atoms with Gasteiger partial charge in [0.25, 0.3) is 5.91 Å². The third kappa shape index (κ3) is 3.15. The van der Waals surface area contributed by atoms with Crippen LogP contribution < -0.4 is 10.9 Å². The van der Waals surface area contributed by atoms with Crippen LogP contribution in [0.5, 0.6) is 0 Å². The van der Waals surface area contributed by atoms with Crippen molar-refractivity contribution in [2.75, 3.05) is 0 Å². The van der Waals surface area contributed by atoms with Crippen LogP contribution >= 0.6 is 0 Å². The first-order valence-corrected chi connectivity index (χ1v) is 4.15. The number of carboxylic acids is 1. The van der Waals surface area contributed by atoms with E-state index < -0.39 is 11.9 Å². The molecule has 1 aromatic carbocycles. The minimum Gasteiger partial charge on any atom is -0.477 e. The Balaban J connectivity index is 2.51. The van der Waals surface area contributed by atoms with E-state index in [0.29, 0.717) is 5.56 Å². The lowest BCUT2D eigenvalue weighted by molar-refractivity contribution is -0.133. The van der Waals surface area contributed by atoms with Crippen molar-refractivity contribution in [3.8, 4) is 0 Å². The van der Waals surface area contributed by atoms with Gasteiger partial charge in [0.05, 0.1) is 0 Å². The quantitative estimate of drug-likeness (QED) is 0.495. The van der Waals surface area contributed by atoms with Crippen LogP contribution in [-0.4, -0.2) is 17.0 Å². The van der Waals surface area contributed by atoms with E-state index in [1.54, 1.807) is 30.3 Å². The Kier molecular flexibility index (Phi) is 3.45. The van der Waals surface area contributed by atoms with Crippen molar-refractivity contribution in [1.82, 2.24) is 10.9 Å². The molecule has 78 valence electrons. The maximum Gasteiger partial charge on any atom is 0.353 e. The first-order chi connectivity index (χ1) is 7.11. The first kappa shape index (κ1) is 10.8. The monoisotopic (exact) mass is 206 g/mol. The van der Waals surface area contributed by atoms with Gasteiger partial charge in [0, 0.05) is 5.56 Å². The van der Waals surface area contributed by atoms with Gasteiger partial charge >= 0.3 is 5.97 Å². The van der Waals surface area contributed by atoms with E-state index in [2.05, 4.69) is 17.4 Å². The van der Waals surface area contributed by atoms with Gasteiger partial charge in [-0.25, -0.2) is 4.79 Å². The maximum atomic E-state index is 11.4. The van der Waals surface area contributed by atoms with Crippen LogP contribution in [0.3, 0.4) is 0 Å². The Hall–Kier alpha value is -2.30. The van der Waals surface area contributed by atoms with Crippen molar-refractivity contribution in [3.05, 3.63) is 48.2 Å². The lowest BCUT2D eigenvalue weighted by Gasteiger charge is -2.07. The molecule has 0 unspecified atom stereocenters. The van der Waals surface area contributed by atoms with Crippen LogP contribution in [0.4, 0.5) is 0 Å². The maximum absolute atomic E-state index is 11.4. The molecule has 0 spiro atoms. The Morgan fingerprint density at radius 2 is 1.73 bits per heavy atom. The molecular formula is C10H10N2O3. The molecule has 0 radical (unpaired) electrons. The highest BCUT2D eigenvalue weighted by Gasteiger charge is 2.06. The van der Waals surface area contributed by atoms with E-state index in [1.807, 2.05) is 0 Å². The fraction of sp³-hybridized carbons (Fsp3) is 0. The van der Waals surface area contributed by atoms with Gasteiger partial charge in [-0.15, -0.1) is 0 Å². The Morgan fingerprint density at radius 1 is 1.13 bits per heavy atom. The van der Waals surface area contributed by atoms with E-state index in [4.69, 9.17) is 5.11 Å². The van der Waals surface area contributed by atoms with Crippen LogP contribution in [-0.2, 0) is 4.79 Å². The van der Waals surface area contributed by atoms with Gasteiger partial charge in [0.1, 0.15) is 5.70 Å². The Bertz CT molecular complexity index is 387. The van der Waals surface area contributed by atoms with Crippen molar-refractivity contribution < 1.29 is 14.7 Å². The number of hydrogen-bond acceptors (Lipinski definition) is 3. The molecule has 0 fully saturated rings. The van der Waals surface area contributed by atoms with E-state index in [0.717, 1.165) is 0 Å². The fourth-order valence-corrected chi connectivity index (χ4v) is 0.847. The summed E-state index contributed by atoms with van der Waals surface area (Å²) >= 11 is 0. The molecule has 0 bridgehead atoms. The number of amides is 1.